The van der Waals surface area contributed by atoms with Crippen molar-refractivity contribution in [2.24, 2.45) is 0 Å². The Morgan fingerprint density at radius 3 is 2.00 bits per heavy atom. The van der Waals surface area contributed by atoms with Crippen LogP contribution >= 0.6 is 43.5 Å². The van der Waals surface area contributed by atoms with Gasteiger partial charge in [-0.15, -0.1) is 0 Å². The monoisotopic (exact) mass is 286 g/mol. The lowest BCUT2D eigenvalue weighted by Gasteiger charge is -1.97. The number of benzene rings is 1. The minimum absolute atomic E-state index is 0.329. The van der Waals surface area contributed by atoms with Gasteiger partial charge in [0.25, 0.3) is 0 Å². The summed E-state index contributed by atoms with van der Waals surface area (Å²) >= 11 is 11.6. The Morgan fingerprint density at radius 1 is 1.20 bits per heavy atom. The molecule has 0 aliphatic rings. The summed E-state index contributed by atoms with van der Waals surface area (Å²) in [6, 6.07) is 3.00. The Bertz CT molecular complexity index is 239. The number of hydrogen-bond donors (Lipinski definition) is 0. The van der Waals surface area contributed by atoms with Gasteiger partial charge in [0.2, 0.25) is 0 Å². The predicted molar refractivity (Wildman–Crippen MR) is 46.8 cm³/mol. The van der Waals surface area contributed by atoms with Crippen LogP contribution in [0.15, 0.2) is 21.1 Å². The highest BCUT2D eigenvalue weighted by Gasteiger charge is 2.04. The van der Waals surface area contributed by atoms with Crippen molar-refractivity contribution in [1.29, 1.82) is 0 Å². The van der Waals surface area contributed by atoms with E-state index in [4.69, 9.17) is 11.6 Å². The second-order valence-corrected chi connectivity index (χ2v) is 3.83. The molecule has 0 bridgehead atoms. The molecule has 0 saturated heterocycles. The molecule has 0 nitrogen and oxygen atoms in total. The Kier molecular flexibility index (Phi) is 2.72. The van der Waals surface area contributed by atoms with Crippen LogP contribution in [-0.2, 0) is 0 Å². The van der Waals surface area contributed by atoms with E-state index in [1.165, 1.54) is 12.1 Å². The molecule has 1 rings (SSSR count). The topological polar surface area (TPSA) is 0 Å². The van der Waals surface area contributed by atoms with Gasteiger partial charge in [-0.3, -0.25) is 0 Å². The minimum atomic E-state index is -0.329. The van der Waals surface area contributed by atoms with Gasteiger partial charge in [-0.1, -0.05) is 11.6 Å². The minimum Gasteiger partial charge on any atom is -0.205 e. The van der Waals surface area contributed by atoms with E-state index in [1.807, 2.05) is 0 Å². The van der Waals surface area contributed by atoms with E-state index in [-0.39, 0.29) is 5.82 Å². The fourth-order valence-corrected chi connectivity index (χ4v) is 2.19. The molecule has 10 heavy (non-hydrogen) atoms. The van der Waals surface area contributed by atoms with Crippen molar-refractivity contribution < 1.29 is 4.39 Å². The van der Waals surface area contributed by atoms with Crippen LogP contribution in [0.2, 0.25) is 5.02 Å². The Hall–Kier alpha value is 0.400. The average molecular weight is 288 g/mol. The SMILES string of the molecule is Fc1c(Br)cc(Cl)cc1Br. The molecule has 0 saturated carbocycles. The van der Waals surface area contributed by atoms with Crippen molar-refractivity contribution in [3.8, 4) is 0 Å². The smallest absolute Gasteiger partial charge is 0.151 e. The zero-order chi connectivity index (χ0) is 7.72. The first-order valence-electron chi connectivity index (χ1n) is 2.41. The van der Waals surface area contributed by atoms with Gasteiger partial charge in [-0.25, -0.2) is 4.39 Å². The molecule has 1 aromatic carbocycles. The molecule has 0 aliphatic heterocycles. The zero-order valence-corrected chi connectivity index (χ0v) is 8.59. The van der Waals surface area contributed by atoms with E-state index in [1.54, 1.807) is 0 Å². The highest BCUT2D eigenvalue weighted by atomic mass is 79.9. The molecule has 4 heteroatoms. The molecule has 0 fully saturated rings. The molecule has 0 N–H and O–H groups in total. The third kappa shape index (κ3) is 1.71. The molecule has 0 radical (unpaired) electrons. The first kappa shape index (κ1) is 8.50. The average Bonchev–Trinajstić information content (AvgIpc) is 1.82. The lowest BCUT2D eigenvalue weighted by molar-refractivity contribution is 0.614. The van der Waals surface area contributed by atoms with Gasteiger partial charge in [-0.05, 0) is 44.0 Å². The maximum absolute atomic E-state index is 12.8. The third-order valence-electron chi connectivity index (χ3n) is 0.949. The second kappa shape index (κ2) is 3.20. The summed E-state index contributed by atoms with van der Waals surface area (Å²) in [5.41, 5.74) is 0. The van der Waals surface area contributed by atoms with Crippen LogP contribution in [0.3, 0.4) is 0 Å². The first-order chi connectivity index (χ1) is 4.61. The molecule has 0 amide bonds. The second-order valence-electron chi connectivity index (χ2n) is 1.68. The maximum atomic E-state index is 12.8. The van der Waals surface area contributed by atoms with E-state index in [9.17, 15) is 4.39 Å². The van der Waals surface area contributed by atoms with Crippen LogP contribution in [0.5, 0.6) is 0 Å². The Morgan fingerprint density at radius 2 is 1.60 bits per heavy atom. The van der Waals surface area contributed by atoms with E-state index in [0.29, 0.717) is 14.0 Å². The Balaban J connectivity index is 3.31. The summed E-state index contributed by atoms with van der Waals surface area (Å²) in [5.74, 6) is -0.329. The van der Waals surface area contributed by atoms with Crippen molar-refractivity contribution in [2.45, 2.75) is 0 Å². The summed E-state index contributed by atoms with van der Waals surface area (Å²) in [6.45, 7) is 0. The van der Waals surface area contributed by atoms with Gasteiger partial charge in [0.15, 0.2) is 5.82 Å². The summed E-state index contributed by atoms with van der Waals surface area (Å²) in [6.07, 6.45) is 0. The van der Waals surface area contributed by atoms with Gasteiger partial charge in [0, 0.05) is 5.02 Å². The molecule has 0 aromatic heterocycles. The summed E-state index contributed by atoms with van der Waals surface area (Å²) < 4.78 is 13.5. The molecule has 0 heterocycles. The standard InChI is InChI=1S/C6H2Br2ClF/c7-4-1-3(9)2-5(8)6(4)10/h1-2H. The fraction of sp³-hybridized carbons (Fsp3) is 0. The molecule has 0 unspecified atom stereocenters. The lowest BCUT2D eigenvalue weighted by atomic mass is 10.3. The van der Waals surface area contributed by atoms with Gasteiger partial charge in [0.1, 0.15) is 0 Å². The van der Waals surface area contributed by atoms with Crippen LogP contribution in [0.1, 0.15) is 0 Å². The zero-order valence-electron chi connectivity index (χ0n) is 4.67. The van der Waals surface area contributed by atoms with E-state index >= 15 is 0 Å². The van der Waals surface area contributed by atoms with Crippen LogP contribution in [0, 0.1) is 5.82 Å². The van der Waals surface area contributed by atoms with Crippen LogP contribution < -0.4 is 0 Å². The van der Waals surface area contributed by atoms with E-state index in [2.05, 4.69) is 31.9 Å². The predicted octanol–water partition coefficient (Wildman–Crippen LogP) is 4.00. The largest absolute Gasteiger partial charge is 0.205 e. The van der Waals surface area contributed by atoms with Crippen molar-refractivity contribution in [1.82, 2.24) is 0 Å². The summed E-state index contributed by atoms with van der Waals surface area (Å²) in [5, 5.41) is 0.500. The van der Waals surface area contributed by atoms with Crippen molar-refractivity contribution in [3.63, 3.8) is 0 Å². The summed E-state index contributed by atoms with van der Waals surface area (Å²) in [7, 11) is 0. The quantitative estimate of drug-likeness (QED) is 0.500. The number of halogens is 4. The van der Waals surface area contributed by atoms with Crippen molar-refractivity contribution >= 4 is 43.5 Å². The molecule has 0 spiro atoms. The number of hydrogen-bond acceptors (Lipinski definition) is 0. The highest BCUT2D eigenvalue weighted by molar-refractivity contribution is 9.11. The molecule has 0 aliphatic carbocycles. The van der Waals surface area contributed by atoms with Gasteiger partial charge < -0.3 is 0 Å². The van der Waals surface area contributed by atoms with Crippen LogP contribution in [0.4, 0.5) is 4.39 Å². The molecule has 54 valence electrons. The summed E-state index contributed by atoms with van der Waals surface area (Å²) in [4.78, 5) is 0. The van der Waals surface area contributed by atoms with E-state index in [0.717, 1.165) is 0 Å². The molecular formula is C6H2Br2ClF. The fourth-order valence-electron chi connectivity index (χ4n) is 0.525. The van der Waals surface area contributed by atoms with Crippen molar-refractivity contribution in [2.75, 3.05) is 0 Å². The van der Waals surface area contributed by atoms with Gasteiger partial charge >= 0.3 is 0 Å². The normalized spacial score (nSPS) is 10.0. The van der Waals surface area contributed by atoms with Crippen molar-refractivity contribution in [3.05, 3.63) is 31.9 Å². The molecule has 1 aromatic rings. The van der Waals surface area contributed by atoms with Gasteiger partial charge in [0.05, 0.1) is 8.95 Å². The van der Waals surface area contributed by atoms with Gasteiger partial charge in [-0.2, -0.15) is 0 Å². The number of rotatable bonds is 0. The van der Waals surface area contributed by atoms with E-state index < -0.39 is 0 Å². The lowest BCUT2D eigenvalue weighted by Crippen LogP contribution is -1.78. The molecule has 0 atom stereocenters. The first-order valence-corrected chi connectivity index (χ1v) is 4.37. The molecular weight excluding hydrogens is 286 g/mol. The maximum Gasteiger partial charge on any atom is 0.151 e. The Labute approximate surface area is 79.6 Å². The van der Waals surface area contributed by atoms with Crippen LogP contribution in [0.25, 0.3) is 0 Å². The highest BCUT2D eigenvalue weighted by Crippen LogP contribution is 2.27. The third-order valence-corrected chi connectivity index (χ3v) is 2.32. The van der Waals surface area contributed by atoms with Crippen LogP contribution in [-0.4, -0.2) is 0 Å².